The summed E-state index contributed by atoms with van der Waals surface area (Å²) in [4.78, 5) is 13.3. The van der Waals surface area contributed by atoms with Gasteiger partial charge in [0.15, 0.2) is 0 Å². The molecule has 2 rings (SSSR count). The van der Waals surface area contributed by atoms with Gasteiger partial charge in [-0.1, -0.05) is 23.7 Å². The third-order valence-electron chi connectivity index (χ3n) is 2.72. The molecule has 20 heavy (non-hydrogen) atoms. The molecule has 5 heteroatoms. The molecule has 104 valence electrons. The maximum atomic E-state index is 11.8. The molecule has 0 radical (unpaired) electrons. The Kier molecular flexibility index (Phi) is 4.15. The molecule has 0 fully saturated rings. The van der Waals surface area contributed by atoms with Crippen LogP contribution in [0, 0.1) is 0 Å². The van der Waals surface area contributed by atoms with E-state index >= 15 is 0 Å². The summed E-state index contributed by atoms with van der Waals surface area (Å²) >= 11 is 6.02. The van der Waals surface area contributed by atoms with Gasteiger partial charge in [-0.05, 0) is 30.3 Å². The van der Waals surface area contributed by atoms with Crippen molar-refractivity contribution in [2.75, 3.05) is 19.8 Å². The molecular weight excluding hydrogens is 276 g/mol. The fourth-order valence-electron chi connectivity index (χ4n) is 1.68. The van der Waals surface area contributed by atoms with E-state index in [0.717, 1.165) is 0 Å². The van der Waals surface area contributed by atoms with Crippen molar-refractivity contribution in [3.63, 3.8) is 0 Å². The van der Waals surface area contributed by atoms with E-state index in [0.29, 0.717) is 27.8 Å². The molecule has 0 aromatic heterocycles. The van der Waals surface area contributed by atoms with E-state index in [2.05, 4.69) is 0 Å². The number of amides is 1. The zero-order chi connectivity index (χ0) is 14.7. The summed E-state index contributed by atoms with van der Waals surface area (Å²) in [7, 11) is 3.37. The molecule has 0 saturated heterocycles. The number of carbonyl (C=O) groups excluding carboxylic acids is 1. The predicted octanol–water partition coefficient (Wildman–Crippen LogP) is 3.42. The number of carbonyl (C=O) groups is 1. The van der Waals surface area contributed by atoms with Gasteiger partial charge in [-0.3, -0.25) is 4.79 Å². The van der Waals surface area contributed by atoms with Crippen molar-refractivity contribution in [2.24, 2.45) is 0 Å². The summed E-state index contributed by atoms with van der Waals surface area (Å²) in [5, 5.41) is 0.500. The number of hydrogen-bond acceptors (Lipinski definition) is 3. The molecule has 0 aliphatic rings. The number of nitrogens with two attached hydrogens (primary N) is 1. The lowest BCUT2D eigenvalue weighted by Crippen LogP contribution is -2.21. The number of nitrogen functional groups attached to an aromatic ring is 1. The summed E-state index contributed by atoms with van der Waals surface area (Å²) < 4.78 is 5.65. The summed E-state index contributed by atoms with van der Waals surface area (Å²) in [5.41, 5.74) is 6.82. The lowest BCUT2D eigenvalue weighted by Gasteiger charge is -2.13. The lowest BCUT2D eigenvalue weighted by molar-refractivity contribution is 0.0827. The minimum absolute atomic E-state index is 0.110. The van der Waals surface area contributed by atoms with Crippen molar-refractivity contribution in [1.29, 1.82) is 0 Å². The van der Waals surface area contributed by atoms with Gasteiger partial charge >= 0.3 is 0 Å². The molecule has 2 aromatic carbocycles. The van der Waals surface area contributed by atoms with Gasteiger partial charge in [0.25, 0.3) is 5.91 Å². The van der Waals surface area contributed by atoms with Crippen LogP contribution < -0.4 is 10.5 Å². The van der Waals surface area contributed by atoms with Gasteiger partial charge in [0.05, 0.1) is 10.7 Å². The Hall–Kier alpha value is -2.20. The van der Waals surface area contributed by atoms with Crippen LogP contribution in [0.2, 0.25) is 5.02 Å². The minimum Gasteiger partial charge on any atom is -0.454 e. The van der Waals surface area contributed by atoms with Crippen LogP contribution >= 0.6 is 11.6 Å². The molecule has 1 amide bonds. The van der Waals surface area contributed by atoms with Gasteiger partial charge in [0, 0.05) is 19.7 Å². The molecular formula is C15H15ClN2O2. The molecule has 2 aromatic rings. The van der Waals surface area contributed by atoms with E-state index < -0.39 is 0 Å². The highest BCUT2D eigenvalue weighted by atomic mass is 35.5. The maximum Gasteiger partial charge on any atom is 0.253 e. The molecule has 0 unspecified atom stereocenters. The van der Waals surface area contributed by atoms with Gasteiger partial charge in [-0.15, -0.1) is 0 Å². The van der Waals surface area contributed by atoms with Crippen molar-refractivity contribution < 1.29 is 9.53 Å². The second kappa shape index (κ2) is 5.84. The molecule has 0 atom stereocenters. The quantitative estimate of drug-likeness (QED) is 0.881. The third-order valence-corrected chi connectivity index (χ3v) is 3.03. The Bertz CT molecular complexity index is 642. The average molecular weight is 291 g/mol. The Morgan fingerprint density at radius 2 is 1.85 bits per heavy atom. The normalized spacial score (nSPS) is 10.2. The Labute approximate surface area is 122 Å². The van der Waals surface area contributed by atoms with E-state index in [1.54, 1.807) is 44.4 Å². The molecule has 0 bridgehead atoms. The van der Waals surface area contributed by atoms with Crippen LogP contribution in [0.5, 0.6) is 11.5 Å². The first kappa shape index (κ1) is 14.2. The number of ether oxygens (including phenoxy) is 1. The summed E-state index contributed by atoms with van der Waals surface area (Å²) in [6.07, 6.45) is 0. The number of nitrogens with zero attached hydrogens (tertiary/aromatic N) is 1. The van der Waals surface area contributed by atoms with Crippen molar-refractivity contribution >= 4 is 23.2 Å². The maximum absolute atomic E-state index is 11.8. The summed E-state index contributed by atoms with van der Waals surface area (Å²) in [6, 6.07) is 12.0. The smallest absolute Gasteiger partial charge is 0.253 e. The third kappa shape index (κ3) is 3.03. The molecule has 0 spiro atoms. The topological polar surface area (TPSA) is 55.6 Å². The molecule has 4 nitrogen and oxygen atoms in total. The first-order valence-corrected chi connectivity index (χ1v) is 6.40. The first-order chi connectivity index (χ1) is 9.49. The van der Waals surface area contributed by atoms with Crippen LogP contribution in [-0.2, 0) is 0 Å². The Morgan fingerprint density at radius 1 is 1.15 bits per heavy atom. The van der Waals surface area contributed by atoms with Gasteiger partial charge in [-0.25, -0.2) is 0 Å². The first-order valence-electron chi connectivity index (χ1n) is 6.02. The second-order valence-corrected chi connectivity index (χ2v) is 4.89. The van der Waals surface area contributed by atoms with E-state index in [-0.39, 0.29) is 5.91 Å². The Morgan fingerprint density at radius 3 is 2.45 bits per heavy atom. The number of anilines is 1. The summed E-state index contributed by atoms with van der Waals surface area (Å²) in [5.74, 6) is 0.877. The van der Waals surface area contributed by atoms with E-state index in [1.807, 2.05) is 12.1 Å². The van der Waals surface area contributed by atoms with E-state index in [4.69, 9.17) is 22.1 Å². The van der Waals surface area contributed by atoms with Crippen molar-refractivity contribution in [3.05, 3.63) is 53.1 Å². The number of hydrogen-bond donors (Lipinski definition) is 1. The van der Waals surface area contributed by atoms with Crippen LogP contribution in [0.25, 0.3) is 0 Å². The SMILES string of the molecule is CN(C)C(=O)c1ccc(Oc2ccccc2Cl)c(N)c1. The number of benzene rings is 2. The number of halogens is 1. The van der Waals surface area contributed by atoms with Crippen LogP contribution in [0.3, 0.4) is 0 Å². The molecule has 2 N–H and O–H groups in total. The molecule has 0 heterocycles. The molecule has 0 aliphatic heterocycles. The van der Waals surface area contributed by atoms with Crippen LogP contribution in [0.1, 0.15) is 10.4 Å². The Balaban J connectivity index is 2.27. The fourth-order valence-corrected chi connectivity index (χ4v) is 1.85. The highest BCUT2D eigenvalue weighted by Crippen LogP contribution is 2.32. The average Bonchev–Trinajstić information content (AvgIpc) is 2.42. The number of para-hydroxylation sites is 1. The fraction of sp³-hybridized carbons (Fsp3) is 0.133. The van der Waals surface area contributed by atoms with Crippen molar-refractivity contribution in [2.45, 2.75) is 0 Å². The predicted molar refractivity (Wildman–Crippen MR) is 80.4 cm³/mol. The van der Waals surface area contributed by atoms with Gasteiger partial charge < -0.3 is 15.4 Å². The van der Waals surface area contributed by atoms with Gasteiger partial charge in [0.2, 0.25) is 0 Å². The largest absolute Gasteiger partial charge is 0.454 e. The zero-order valence-electron chi connectivity index (χ0n) is 11.3. The molecule has 0 aliphatic carbocycles. The second-order valence-electron chi connectivity index (χ2n) is 4.48. The zero-order valence-corrected chi connectivity index (χ0v) is 12.0. The highest BCUT2D eigenvalue weighted by molar-refractivity contribution is 6.32. The van der Waals surface area contributed by atoms with Gasteiger partial charge in [0.1, 0.15) is 11.5 Å². The highest BCUT2D eigenvalue weighted by Gasteiger charge is 2.11. The van der Waals surface area contributed by atoms with Crippen molar-refractivity contribution in [3.8, 4) is 11.5 Å². The lowest BCUT2D eigenvalue weighted by atomic mass is 10.1. The van der Waals surface area contributed by atoms with Crippen molar-refractivity contribution in [1.82, 2.24) is 4.90 Å². The van der Waals surface area contributed by atoms with Gasteiger partial charge in [-0.2, -0.15) is 0 Å². The summed E-state index contributed by atoms with van der Waals surface area (Å²) in [6.45, 7) is 0. The van der Waals surface area contributed by atoms with Crippen LogP contribution in [0.4, 0.5) is 5.69 Å². The van der Waals surface area contributed by atoms with E-state index in [9.17, 15) is 4.79 Å². The van der Waals surface area contributed by atoms with E-state index in [1.165, 1.54) is 4.90 Å². The minimum atomic E-state index is -0.110. The van der Waals surface area contributed by atoms with Crippen LogP contribution in [-0.4, -0.2) is 24.9 Å². The number of rotatable bonds is 3. The standard InChI is InChI=1S/C15H15ClN2O2/c1-18(2)15(19)10-7-8-14(12(17)9-10)20-13-6-4-3-5-11(13)16/h3-9H,17H2,1-2H3. The molecule has 0 saturated carbocycles. The monoisotopic (exact) mass is 290 g/mol. The van der Waals surface area contributed by atoms with Crippen LogP contribution in [0.15, 0.2) is 42.5 Å².